The fourth-order valence-corrected chi connectivity index (χ4v) is 2.39. The van der Waals surface area contributed by atoms with Crippen LogP contribution in [0.4, 0.5) is 0 Å². The van der Waals surface area contributed by atoms with Gasteiger partial charge >= 0.3 is 0 Å². The molecule has 1 saturated carbocycles. The first-order chi connectivity index (χ1) is 7.24. The molecule has 1 aliphatic carbocycles. The summed E-state index contributed by atoms with van der Waals surface area (Å²) in [6.45, 7) is 3.41. The average molecular weight is 207 g/mol. The molecule has 1 N–H and O–H groups in total. The first-order valence-electron chi connectivity index (χ1n) is 5.96. The van der Waals surface area contributed by atoms with Crippen molar-refractivity contribution in [3.05, 3.63) is 18.0 Å². The molecule has 84 valence electrons. The van der Waals surface area contributed by atoms with Crippen molar-refractivity contribution >= 4 is 0 Å². The van der Waals surface area contributed by atoms with E-state index in [9.17, 15) is 0 Å². The van der Waals surface area contributed by atoms with Crippen molar-refractivity contribution in [2.45, 2.75) is 38.6 Å². The summed E-state index contributed by atoms with van der Waals surface area (Å²) >= 11 is 0. The van der Waals surface area contributed by atoms with Gasteiger partial charge in [0.2, 0.25) is 0 Å². The molecule has 3 nitrogen and oxygen atoms in total. The van der Waals surface area contributed by atoms with E-state index in [1.54, 1.807) is 0 Å². The highest BCUT2D eigenvalue weighted by Gasteiger charge is 2.20. The van der Waals surface area contributed by atoms with Crippen LogP contribution in [0.25, 0.3) is 0 Å². The average Bonchev–Trinajstić information content (AvgIpc) is 2.76. The second kappa shape index (κ2) is 4.79. The Bertz CT molecular complexity index is 306. The molecule has 1 aromatic rings. The molecule has 2 rings (SSSR count). The number of nitrogens with one attached hydrogen (secondary N) is 1. The van der Waals surface area contributed by atoms with Crippen LogP contribution in [0.5, 0.6) is 0 Å². The predicted molar refractivity (Wildman–Crippen MR) is 61.7 cm³/mol. The van der Waals surface area contributed by atoms with Gasteiger partial charge in [0.25, 0.3) is 0 Å². The summed E-state index contributed by atoms with van der Waals surface area (Å²) in [5.41, 5.74) is 1.19. The summed E-state index contributed by atoms with van der Waals surface area (Å²) in [6.07, 6.45) is 7.14. The Morgan fingerprint density at radius 1 is 1.53 bits per heavy atom. The van der Waals surface area contributed by atoms with Crippen molar-refractivity contribution in [1.29, 1.82) is 0 Å². The second-order valence-corrected chi connectivity index (χ2v) is 4.80. The lowest BCUT2D eigenvalue weighted by Crippen LogP contribution is -2.28. The summed E-state index contributed by atoms with van der Waals surface area (Å²) in [5, 5.41) is 7.99. The van der Waals surface area contributed by atoms with Crippen LogP contribution in [0.15, 0.2) is 12.3 Å². The van der Waals surface area contributed by atoms with Crippen molar-refractivity contribution < 1.29 is 0 Å². The Morgan fingerprint density at radius 2 is 2.40 bits per heavy atom. The fourth-order valence-electron chi connectivity index (χ4n) is 2.39. The molecule has 3 heteroatoms. The van der Waals surface area contributed by atoms with Gasteiger partial charge in [-0.25, -0.2) is 0 Å². The molecular formula is C12H21N3. The zero-order chi connectivity index (χ0) is 10.7. The topological polar surface area (TPSA) is 29.9 Å². The molecular weight excluding hydrogens is 186 g/mol. The molecule has 0 radical (unpaired) electrons. The number of hydrogen-bond acceptors (Lipinski definition) is 2. The summed E-state index contributed by atoms with van der Waals surface area (Å²) in [5.74, 6) is 0.914. The van der Waals surface area contributed by atoms with Gasteiger partial charge in [0, 0.05) is 32.3 Å². The van der Waals surface area contributed by atoms with Gasteiger partial charge in [0.15, 0.2) is 0 Å². The Hall–Kier alpha value is -0.830. The monoisotopic (exact) mass is 207 g/mol. The summed E-state index contributed by atoms with van der Waals surface area (Å²) in [6, 6.07) is 2.85. The lowest BCUT2D eigenvalue weighted by Gasteiger charge is -2.11. The quantitative estimate of drug-likeness (QED) is 0.815. The highest BCUT2D eigenvalue weighted by atomic mass is 15.2. The second-order valence-electron chi connectivity index (χ2n) is 4.80. The van der Waals surface area contributed by atoms with E-state index in [-0.39, 0.29) is 0 Å². The standard InChI is InChI=1S/C12H21N3/c1-10-3-4-12(9-10)13-7-5-11-6-8-15(2)14-11/h6,8,10,12-13H,3-5,7,9H2,1-2H3. The van der Waals surface area contributed by atoms with E-state index in [1.165, 1.54) is 25.0 Å². The molecule has 1 heterocycles. The van der Waals surface area contributed by atoms with Gasteiger partial charge in [-0.15, -0.1) is 0 Å². The highest BCUT2D eigenvalue weighted by molar-refractivity contribution is 4.99. The van der Waals surface area contributed by atoms with E-state index >= 15 is 0 Å². The minimum atomic E-state index is 0.753. The summed E-state index contributed by atoms with van der Waals surface area (Å²) in [4.78, 5) is 0. The molecule has 0 saturated heterocycles. The molecule has 0 bridgehead atoms. The lowest BCUT2D eigenvalue weighted by atomic mass is 10.1. The van der Waals surface area contributed by atoms with Gasteiger partial charge in [-0.3, -0.25) is 4.68 Å². The lowest BCUT2D eigenvalue weighted by molar-refractivity contribution is 0.503. The molecule has 1 aliphatic rings. The van der Waals surface area contributed by atoms with Crippen LogP contribution in [0.3, 0.4) is 0 Å². The van der Waals surface area contributed by atoms with E-state index in [0.717, 1.165) is 24.9 Å². The smallest absolute Gasteiger partial charge is 0.0637 e. The summed E-state index contributed by atoms with van der Waals surface area (Å²) < 4.78 is 1.87. The van der Waals surface area contributed by atoms with E-state index in [4.69, 9.17) is 0 Å². The van der Waals surface area contributed by atoms with Crippen LogP contribution in [0.1, 0.15) is 31.9 Å². The molecule has 0 aromatic carbocycles. The third kappa shape index (κ3) is 3.06. The third-order valence-corrected chi connectivity index (χ3v) is 3.28. The zero-order valence-corrected chi connectivity index (χ0v) is 9.74. The molecule has 2 atom stereocenters. The van der Waals surface area contributed by atoms with Crippen molar-refractivity contribution in [3.63, 3.8) is 0 Å². The van der Waals surface area contributed by atoms with Crippen LogP contribution < -0.4 is 5.32 Å². The Morgan fingerprint density at radius 3 is 3.00 bits per heavy atom. The number of rotatable bonds is 4. The minimum absolute atomic E-state index is 0.753. The first kappa shape index (κ1) is 10.7. The van der Waals surface area contributed by atoms with Crippen LogP contribution in [0.2, 0.25) is 0 Å². The predicted octanol–water partition coefficient (Wildman–Crippen LogP) is 1.74. The summed E-state index contributed by atoms with van der Waals surface area (Å²) in [7, 11) is 1.97. The Kier molecular flexibility index (Phi) is 3.41. The largest absolute Gasteiger partial charge is 0.314 e. The SMILES string of the molecule is CC1CCC(NCCc2ccn(C)n2)C1. The van der Waals surface area contributed by atoms with E-state index < -0.39 is 0 Å². The zero-order valence-electron chi connectivity index (χ0n) is 9.74. The number of aryl methyl sites for hydroxylation is 1. The van der Waals surface area contributed by atoms with Crippen LogP contribution in [-0.2, 0) is 13.5 Å². The van der Waals surface area contributed by atoms with Crippen LogP contribution in [-0.4, -0.2) is 22.4 Å². The van der Waals surface area contributed by atoms with E-state index in [2.05, 4.69) is 23.4 Å². The van der Waals surface area contributed by atoms with Crippen molar-refractivity contribution in [2.75, 3.05) is 6.54 Å². The van der Waals surface area contributed by atoms with Crippen LogP contribution >= 0.6 is 0 Å². The highest BCUT2D eigenvalue weighted by Crippen LogP contribution is 2.24. The van der Waals surface area contributed by atoms with Gasteiger partial charge in [0.05, 0.1) is 5.69 Å². The van der Waals surface area contributed by atoms with E-state index in [0.29, 0.717) is 0 Å². The van der Waals surface area contributed by atoms with Gasteiger partial charge in [-0.05, 0) is 31.2 Å². The molecule has 0 spiro atoms. The maximum Gasteiger partial charge on any atom is 0.0637 e. The first-order valence-corrected chi connectivity index (χ1v) is 5.96. The minimum Gasteiger partial charge on any atom is -0.314 e. The maximum absolute atomic E-state index is 4.37. The van der Waals surface area contributed by atoms with Crippen LogP contribution in [0, 0.1) is 5.92 Å². The molecule has 1 aromatic heterocycles. The van der Waals surface area contributed by atoms with E-state index in [1.807, 2.05) is 17.9 Å². The molecule has 0 aliphatic heterocycles. The number of hydrogen-bond donors (Lipinski definition) is 1. The van der Waals surface area contributed by atoms with Gasteiger partial charge < -0.3 is 5.32 Å². The third-order valence-electron chi connectivity index (χ3n) is 3.28. The molecule has 15 heavy (non-hydrogen) atoms. The van der Waals surface area contributed by atoms with Gasteiger partial charge in [0.1, 0.15) is 0 Å². The molecule has 2 unspecified atom stereocenters. The van der Waals surface area contributed by atoms with Crippen molar-refractivity contribution in [1.82, 2.24) is 15.1 Å². The fraction of sp³-hybridized carbons (Fsp3) is 0.750. The number of aromatic nitrogens is 2. The van der Waals surface area contributed by atoms with Crippen molar-refractivity contribution in [3.8, 4) is 0 Å². The van der Waals surface area contributed by atoms with Crippen molar-refractivity contribution in [2.24, 2.45) is 13.0 Å². The molecule has 0 amide bonds. The number of nitrogens with zero attached hydrogens (tertiary/aromatic N) is 2. The van der Waals surface area contributed by atoms with Gasteiger partial charge in [-0.2, -0.15) is 5.10 Å². The van der Waals surface area contributed by atoms with Gasteiger partial charge in [-0.1, -0.05) is 6.92 Å². The normalized spacial score (nSPS) is 26.0. The Balaban J connectivity index is 1.67. The maximum atomic E-state index is 4.37. The molecule has 1 fully saturated rings. The Labute approximate surface area is 91.9 Å².